The maximum absolute atomic E-state index is 12.9. The molecular formula is C17H19N5OS. The van der Waals surface area contributed by atoms with Crippen molar-refractivity contribution in [3.05, 3.63) is 41.9 Å². The maximum atomic E-state index is 12.9. The van der Waals surface area contributed by atoms with Gasteiger partial charge in [0.1, 0.15) is 11.8 Å². The predicted molar refractivity (Wildman–Crippen MR) is 92.8 cm³/mol. The fourth-order valence-electron chi connectivity index (χ4n) is 3.54. The van der Waals surface area contributed by atoms with Crippen molar-refractivity contribution in [1.29, 1.82) is 0 Å². The Balaban J connectivity index is 1.91. The molecule has 7 heteroatoms. The van der Waals surface area contributed by atoms with E-state index in [1.807, 2.05) is 29.1 Å². The molecule has 2 atom stereocenters. The fraction of sp³-hybridized carbons (Fsp3) is 0.412. The Kier molecular flexibility index (Phi) is 3.49. The lowest BCUT2D eigenvalue weighted by atomic mass is 9.72. The number of ketones is 1. The van der Waals surface area contributed by atoms with E-state index < -0.39 is 0 Å². The number of hydrogen-bond acceptors (Lipinski definition) is 6. The highest BCUT2D eigenvalue weighted by Crippen LogP contribution is 2.44. The molecule has 0 saturated carbocycles. The number of allylic oxidation sites excluding steroid dienone is 2. The average molecular weight is 341 g/mol. The molecule has 0 saturated heterocycles. The minimum Gasteiger partial charge on any atom is -0.328 e. The lowest BCUT2D eigenvalue weighted by Gasteiger charge is -2.39. The van der Waals surface area contributed by atoms with E-state index in [9.17, 15) is 4.79 Å². The lowest BCUT2D eigenvalue weighted by Crippen LogP contribution is -2.42. The summed E-state index contributed by atoms with van der Waals surface area (Å²) >= 11 is 1.49. The molecule has 0 radical (unpaired) electrons. The largest absolute Gasteiger partial charge is 0.328 e. The van der Waals surface area contributed by atoms with E-state index in [1.54, 1.807) is 6.20 Å². The molecule has 2 aliphatic rings. The third-order valence-electron chi connectivity index (χ3n) is 4.48. The zero-order chi connectivity index (χ0) is 16.9. The van der Waals surface area contributed by atoms with Gasteiger partial charge in [-0.15, -0.1) is 5.10 Å². The molecule has 24 heavy (non-hydrogen) atoms. The van der Waals surface area contributed by atoms with E-state index in [2.05, 4.69) is 40.3 Å². The molecule has 0 fully saturated rings. The molecule has 2 aromatic heterocycles. The van der Waals surface area contributed by atoms with Crippen molar-refractivity contribution >= 4 is 23.5 Å². The lowest BCUT2D eigenvalue weighted by molar-refractivity contribution is -0.125. The summed E-state index contributed by atoms with van der Waals surface area (Å²) in [5.74, 6) is 0.590. The van der Waals surface area contributed by atoms with Crippen LogP contribution in [-0.2, 0) is 4.79 Å². The second-order valence-electron chi connectivity index (χ2n) is 6.90. The Bertz CT molecular complexity index is 827. The van der Waals surface area contributed by atoms with Crippen LogP contribution in [0.1, 0.15) is 32.0 Å². The van der Waals surface area contributed by atoms with Gasteiger partial charge in [-0.1, -0.05) is 37.8 Å². The van der Waals surface area contributed by atoms with Crippen molar-refractivity contribution in [2.45, 2.75) is 31.5 Å². The number of nitrogens with one attached hydrogen (secondary N) is 1. The molecule has 0 amide bonds. The second-order valence-corrected chi connectivity index (χ2v) is 7.67. The van der Waals surface area contributed by atoms with Crippen LogP contribution in [0.15, 0.2) is 41.3 Å². The highest BCUT2D eigenvalue weighted by atomic mass is 32.2. The van der Waals surface area contributed by atoms with E-state index in [0.717, 1.165) is 11.4 Å². The van der Waals surface area contributed by atoms with Gasteiger partial charge in [0.15, 0.2) is 0 Å². The van der Waals surface area contributed by atoms with Crippen molar-refractivity contribution in [2.24, 2.45) is 11.3 Å². The molecule has 1 aliphatic carbocycles. The van der Waals surface area contributed by atoms with E-state index >= 15 is 0 Å². The minimum atomic E-state index is -0.295. The summed E-state index contributed by atoms with van der Waals surface area (Å²) in [7, 11) is 0. The van der Waals surface area contributed by atoms with Crippen LogP contribution in [0, 0.1) is 11.3 Å². The first-order valence-electron chi connectivity index (χ1n) is 7.92. The summed E-state index contributed by atoms with van der Waals surface area (Å²) in [4.78, 5) is 22.0. The van der Waals surface area contributed by atoms with E-state index in [4.69, 9.17) is 0 Å². The van der Waals surface area contributed by atoms with Gasteiger partial charge in [0.2, 0.25) is 11.1 Å². The molecular weight excluding hydrogens is 322 g/mol. The van der Waals surface area contributed by atoms with Crippen molar-refractivity contribution in [1.82, 2.24) is 19.7 Å². The van der Waals surface area contributed by atoms with Crippen LogP contribution in [0.3, 0.4) is 0 Å². The fourth-order valence-corrected chi connectivity index (χ4v) is 3.89. The number of Topliss-reactive ketones (excluding diaryl/α,β-unsaturated/α-hetero) is 1. The number of carbonyl (C=O) groups excluding carboxylic acids is 1. The highest BCUT2D eigenvalue weighted by molar-refractivity contribution is 7.98. The van der Waals surface area contributed by atoms with Crippen molar-refractivity contribution in [2.75, 3.05) is 11.6 Å². The molecule has 124 valence electrons. The van der Waals surface area contributed by atoms with Gasteiger partial charge in [-0.3, -0.25) is 9.78 Å². The number of thioether (sulfide) groups is 1. The number of carbonyl (C=O) groups is 1. The first kappa shape index (κ1) is 15.4. The normalized spacial score (nSPS) is 24.6. The quantitative estimate of drug-likeness (QED) is 0.847. The number of anilines is 1. The van der Waals surface area contributed by atoms with Gasteiger partial charge < -0.3 is 5.32 Å². The molecule has 0 spiro atoms. The van der Waals surface area contributed by atoms with Gasteiger partial charge in [0.05, 0.1) is 11.6 Å². The number of aromatic nitrogens is 4. The number of fused-ring (bicyclic) bond motifs is 2. The summed E-state index contributed by atoms with van der Waals surface area (Å²) in [6.07, 6.45) is 6.37. The molecule has 6 nitrogen and oxygen atoms in total. The summed E-state index contributed by atoms with van der Waals surface area (Å²) in [6.45, 7) is 4.16. The first-order chi connectivity index (χ1) is 11.5. The summed E-state index contributed by atoms with van der Waals surface area (Å²) in [6, 6.07) is 5.51. The van der Waals surface area contributed by atoms with Crippen LogP contribution >= 0.6 is 11.8 Å². The van der Waals surface area contributed by atoms with Gasteiger partial charge in [0, 0.05) is 18.3 Å². The number of hydrogen-bond donors (Lipinski definition) is 1. The molecule has 4 rings (SSSR count). The Morgan fingerprint density at radius 2 is 2.21 bits per heavy atom. The average Bonchev–Trinajstić information content (AvgIpc) is 2.95. The number of nitrogens with zero attached hydrogens (tertiary/aromatic N) is 4. The Morgan fingerprint density at radius 1 is 1.38 bits per heavy atom. The zero-order valence-electron chi connectivity index (χ0n) is 13.9. The van der Waals surface area contributed by atoms with Crippen LogP contribution in [-0.4, -0.2) is 31.8 Å². The SMILES string of the molecule is CSc1nc2n(n1)[C@@H](c1ccccn1)[C@@H]1C(=O)CC(C)(C)C=C1N2. The Labute approximate surface area is 144 Å². The molecule has 0 unspecified atom stereocenters. The van der Waals surface area contributed by atoms with Crippen LogP contribution in [0.5, 0.6) is 0 Å². The van der Waals surface area contributed by atoms with Crippen LogP contribution in [0.4, 0.5) is 5.95 Å². The van der Waals surface area contributed by atoms with E-state index in [0.29, 0.717) is 17.5 Å². The third kappa shape index (κ3) is 2.43. The monoisotopic (exact) mass is 341 g/mol. The van der Waals surface area contributed by atoms with Crippen molar-refractivity contribution < 1.29 is 4.79 Å². The minimum absolute atomic E-state index is 0.158. The molecule has 0 bridgehead atoms. The smallest absolute Gasteiger partial charge is 0.227 e. The van der Waals surface area contributed by atoms with Crippen molar-refractivity contribution in [3.63, 3.8) is 0 Å². The molecule has 1 N–H and O–H groups in total. The zero-order valence-corrected chi connectivity index (χ0v) is 14.7. The molecule has 0 aromatic carbocycles. The van der Waals surface area contributed by atoms with Crippen LogP contribution in [0.25, 0.3) is 0 Å². The summed E-state index contributed by atoms with van der Waals surface area (Å²) < 4.78 is 1.81. The first-order valence-corrected chi connectivity index (χ1v) is 9.15. The number of pyridine rings is 1. The predicted octanol–water partition coefficient (Wildman–Crippen LogP) is 2.91. The van der Waals surface area contributed by atoms with Crippen LogP contribution < -0.4 is 5.32 Å². The second kappa shape index (κ2) is 5.44. The molecule has 3 heterocycles. The maximum Gasteiger partial charge on any atom is 0.227 e. The summed E-state index contributed by atoms with van der Waals surface area (Å²) in [5.41, 5.74) is 1.59. The van der Waals surface area contributed by atoms with Gasteiger partial charge in [-0.25, -0.2) is 4.68 Å². The van der Waals surface area contributed by atoms with Crippen LogP contribution in [0.2, 0.25) is 0 Å². The number of rotatable bonds is 2. The Morgan fingerprint density at radius 3 is 2.92 bits per heavy atom. The van der Waals surface area contributed by atoms with Gasteiger partial charge >= 0.3 is 0 Å². The highest BCUT2D eigenvalue weighted by Gasteiger charge is 2.45. The van der Waals surface area contributed by atoms with Gasteiger partial charge in [-0.2, -0.15) is 4.98 Å². The van der Waals surface area contributed by atoms with Gasteiger partial charge in [-0.05, 0) is 23.8 Å². The van der Waals surface area contributed by atoms with E-state index in [1.165, 1.54) is 11.8 Å². The molecule has 2 aromatic rings. The topological polar surface area (TPSA) is 72.7 Å². The Hall–Kier alpha value is -2.15. The molecule has 1 aliphatic heterocycles. The standard InChI is InChI=1S/C17H19N5OS/c1-17(2)8-11-13(12(23)9-17)14(10-6-4-5-7-18-10)22-15(19-11)20-16(21-22)24-3/h4-8,13-14H,9H2,1-3H3,(H,19,20,21)/t13-,14-/m0/s1. The summed E-state index contributed by atoms with van der Waals surface area (Å²) in [5, 5.41) is 8.59. The van der Waals surface area contributed by atoms with Gasteiger partial charge in [0.25, 0.3) is 0 Å². The third-order valence-corrected chi connectivity index (χ3v) is 5.02. The van der Waals surface area contributed by atoms with Crippen molar-refractivity contribution in [3.8, 4) is 0 Å². The van der Waals surface area contributed by atoms with E-state index in [-0.39, 0.29) is 23.2 Å².